The van der Waals surface area contributed by atoms with Crippen LogP contribution in [0.1, 0.15) is 22.8 Å². The fraction of sp³-hybridized carbons (Fsp3) is 0.219. The lowest BCUT2D eigenvalue weighted by Gasteiger charge is -2.40. The molecule has 40 heavy (non-hydrogen) atoms. The van der Waals surface area contributed by atoms with Crippen LogP contribution in [0.3, 0.4) is 0 Å². The number of piperazine rings is 1. The van der Waals surface area contributed by atoms with Gasteiger partial charge < -0.3 is 10.4 Å². The molecule has 1 fully saturated rings. The van der Waals surface area contributed by atoms with E-state index in [2.05, 4.69) is 55.7 Å². The monoisotopic (exact) mass is 532 g/mol. The van der Waals surface area contributed by atoms with E-state index in [0.717, 1.165) is 49.4 Å². The number of anilines is 1. The van der Waals surface area contributed by atoms with Gasteiger partial charge in [-0.25, -0.2) is 5.01 Å². The maximum Gasteiger partial charge on any atom is 0.257 e. The van der Waals surface area contributed by atoms with E-state index < -0.39 is 12.0 Å². The number of aliphatic hydroxyl groups is 1. The molecule has 2 N–H and O–H groups in total. The Morgan fingerprint density at radius 1 is 1.00 bits per heavy atom. The number of nitrogens with zero attached hydrogens (tertiary/aromatic N) is 5. The van der Waals surface area contributed by atoms with Gasteiger partial charge in [0, 0.05) is 57.0 Å². The van der Waals surface area contributed by atoms with Crippen LogP contribution in [0.2, 0.25) is 0 Å². The summed E-state index contributed by atoms with van der Waals surface area (Å²) in [4.78, 5) is 24.0. The first-order chi connectivity index (χ1) is 19.6. The van der Waals surface area contributed by atoms with E-state index >= 15 is 0 Å². The van der Waals surface area contributed by atoms with E-state index in [-0.39, 0.29) is 6.04 Å². The summed E-state index contributed by atoms with van der Waals surface area (Å²) < 4.78 is 0. The number of hydrazine groups is 1. The molecule has 202 valence electrons. The molecule has 0 saturated carbocycles. The Labute approximate surface area is 234 Å². The number of aromatic nitrogens is 1. The third-order valence-corrected chi connectivity index (χ3v) is 7.40. The largest absolute Gasteiger partial charge is 0.378 e. The molecular weight excluding hydrogens is 500 g/mol. The van der Waals surface area contributed by atoms with E-state index in [1.54, 1.807) is 24.3 Å². The van der Waals surface area contributed by atoms with Crippen molar-refractivity contribution in [3.8, 4) is 0 Å². The molecule has 6 rings (SSSR count). The molecule has 2 aromatic carbocycles. The van der Waals surface area contributed by atoms with Gasteiger partial charge in [-0.05, 0) is 52.1 Å². The predicted octanol–water partition coefficient (Wildman–Crippen LogP) is 4.04. The molecule has 2 unspecified atom stereocenters. The van der Waals surface area contributed by atoms with Crippen LogP contribution in [0.25, 0.3) is 5.57 Å². The smallest absolute Gasteiger partial charge is 0.257 e. The summed E-state index contributed by atoms with van der Waals surface area (Å²) in [7, 11) is 0. The lowest BCUT2D eigenvalue weighted by Crippen LogP contribution is -2.52. The zero-order chi connectivity index (χ0) is 27.3. The zero-order valence-electron chi connectivity index (χ0n) is 22.2. The van der Waals surface area contributed by atoms with Gasteiger partial charge in [-0.2, -0.15) is 0 Å². The Hall–Kier alpha value is -4.37. The minimum absolute atomic E-state index is 0.0184. The Morgan fingerprint density at radius 3 is 2.55 bits per heavy atom. The number of pyridine rings is 1. The fourth-order valence-electron chi connectivity index (χ4n) is 5.15. The highest BCUT2D eigenvalue weighted by atomic mass is 16.3. The van der Waals surface area contributed by atoms with Gasteiger partial charge >= 0.3 is 0 Å². The standard InChI is InChI=1S/C32H32N6O2/c39-31(26-6-2-1-3-7-26)32(40)35-29-11-8-25(9-12-29)27-10-13-30-28(19-27)22-38(23-34-30)37-17-15-36(16-18-37)21-24-5-4-14-33-20-24/h1-14,19-20,22-23,30-31,39H,15-18,21H2,(H,35,40). The number of fused-ring (bicyclic) bond motifs is 1. The molecule has 8 nitrogen and oxygen atoms in total. The van der Waals surface area contributed by atoms with E-state index in [9.17, 15) is 9.90 Å². The Balaban J connectivity index is 1.07. The number of benzene rings is 2. The van der Waals surface area contributed by atoms with E-state index in [4.69, 9.17) is 4.99 Å². The van der Waals surface area contributed by atoms with Crippen LogP contribution in [0, 0.1) is 0 Å². The molecule has 2 aliphatic heterocycles. The van der Waals surface area contributed by atoms with Crippen molar-refractivity contribution in [1.82, 2.24) is 19.9 Å². The Bertz CT molecular complexity index is 1440. The fourth-order valence-corrected chi connectivity index (χ4v) is 5.15. The van der Waals surface area contributed by atoms with Gasteiger partial charge in [0.15, 0.2) is 6.10 Å². The minimum atomic E-state index is -1.22. The second-order valence-electron chi connectivity index (χ2n) is 10.1. The molecular formula is C32H32N6O2. The van der Waals surface area contributed by atoms with Crippen molar-refractivity contribution in [2.24, 2.45) is 4.99 Å². The number of hydrogen-bond acceptors (Lipinski definition) is 7. The van der Waals surface area contributed by atoms with Crippen molar-refractivity contribution < 1.29 is 9.90 Å². The van der Waals surface area contributed by atoms with Gasteiger partial charge in [-0.15, -0.1) is 0 Å². The second-order valence-corrected chi connectivity index (χ2v) is 10.1. The summed E-state index contributed by atoms with van der Waals surface area (Å²) >= 11 is 0. The van der Waals surface area contributed by atoms with Crippen molar-refractivity contribution in [3.05, 3.63) is 126 Å². The zero-order valence-corrected chi connectivity index (χ0v) is 22.2. The number of aliphatic hydroxyl groups excluding tert-OH is 1. The van der Waals surface area contributed by atoms with Gasteiger partial charge in [-0.1, -0.05) is 60.7 Å². The number of amides is 1. The van der Waals surface area contributed by atoms with Crippen LogP contribution in [-0.4, -0.2) is 69.5 Å². The maximum absolute atomic E-state index is 12.5. The van der Waals surface area contributed by atoms with Crippen molar-refractivity contribution in [3.63, 3.8) is 0 Å². The molecule has 0 spiro atoms. The number of allylic oxidation sites excluding steroid dienone is 2. The SMILES string of the molecule is O=C(Nc1ccc(C2=CC3=CN(N4CCN(Cc5cccnc5)CC4)C=NC3C=C2)cc1)C(O)c1ccccc1. The molecule has 2 atom stereocenters. The Kier molecular flexibility index (Phi) is 7.63. The third kappa shape index (κ3) is 5.94. The van der Waals surface area contributed by atoms with Gasteiger partial charge in [0.25, 0.3) is 5.91 Å². The van der Waals surface area contributed by atoms with E-state index in [1.165, 1.54) is 5.56 Å². The van der Waals surface area contributed by atoms with Crippen LogP contribution in [0.5, 0.6) is 0 Å². The highest BCUT2D eigenvalue weighted by Crippen LogP contribution is 2.29. The van der Waals surface area contributed by atoms with Crippen LogP contribution in [-0.2, 0) is 11.3 Å². The highest BCUT2D eigenvalue weighted by molar-refractivity contribution is 5.95. The lowest BCUT2D eigenvalue weighted by atomic mass is 9.93. The predicted molar refractivity (Wildman–Crippen MR) is 157 cm³/mol. The van der Waals surface area contributed by atoms with E-state index in [1.807, 2.05) is 55.1 Å². The van der Waals surface area contributed by atoms with Crippen molar-refractivity contribution in [2.75, 3.05) is 31.5 Å². The van der Waals surface area contributed by atoms with Crippen molar-refractivity contribution in [1.29, 1.82) is 0 Å². The van der Waals surface area contributed by atoms with Crippen LogP contribution >= 0.6 is 0 Å². The molecule has 1 amide bonds. The molecule has 3 aliphatic rings. The van der Waals surface area contributed by atoms with Gasteiger partial charge in [0.1, 0.15) is 6.34 Å². The average Bonchev–Trinajstić information content (AvgIpc) is 3.02. The summed E-state index contributed by atoms with van der Waals surface area (Å²) in [5, 5.41) is 17.6. The topological polar surface area (TPSA) is 84.3 Å². The number of carbonyl (C=O) groups is 1. The van der Waals surface area contributed by atoms with Crippen LogP contribution < -0.4 is 5.32 Å². The van der Waals surface area contributed by atoms with Crippen molar-refractivity contribution in [2.45, 2.75) is 18.7 Å². The molecule has 0 radical (unpaired) electrons. The normalized spacial score (nSPS) is 19.9. The average molecular weight is 533 g/mol. The first kappa shape index (κ1) is 25.9. The highest BCUT2D eigenvalue weighted by Gasteiger charge is 2.25. The summed E-state index contributed by atoms with van der Waals surface area (Å²) in [6.45, 7) is 4.75. The number of aliphatic imine (C=N–C) groups is 1. The quantitative estimate of drug-likeness (QED) is 0.478. The number of carbonyl (C=O) groups excluding carboxylic acids is 1. The summed E-state index contributed by atoms with van der Waals surface area (Å²) in [5.41, 5.74) is 5.71. The summed E-state index contributed by atoms with van der Waals surface area (Å²) in [5.74, 6) is -0.457. The Morgan fingerprint density at radius 2 is 1.80 bits per heavy atom. The van der Waals surface area contributed by atoms with E-state index in [0.29, 0.717) is 11.3 Å². The second kappa shape index (κ2) is 11.8. The molecule has 8 heteroatoms. The molecule has 3 heterocycles. The van der Waals surface area contributed by atoms with Gasteiger partial charge in [0.2, 0.25) is 0 Å². The summed E-state index contributed by atoms with van der Waals surface area (Å²) in [6, 6.07) is 20.7. The minimum Gasteiger partial charge on any atom is -0.378 e. The first-order valence-corrected chi connectivity index (χ1v) is 13.6. The molecule has 1 saturated heterocycles. The first-order valence-electron chi connectivity index (χ1n) is 13.6. The summed E-state index contributed by atoms with van der Waals surface area (Å²) in [6.07, 6.45) is 13.0. The van der Waals surface area contributed by atoms with Gasteiger partial charge in [0.05, 0.1) is 6.04 Å². The molecule has 3 aromatic rings. The van der Waals surface area contributed by atoms with Crippen molar-refractivity contribution >= 4 is 23.5 Å². The number of nitrogens with one attached hydrogen (secondary N) is 1. The molecule has 1 aliphatic carbocycles. The van der Waals surface area contributed by atoms with Gasteiger partial charge in [-0.3, -0.25) is 24.7 Å². The third-order valence-electron chi connectivity index (χ3n) is 7.40. The maximum atomic E-state index is 12.5. The van der Waals surface area contributed by atoms with Crippen LogP contribution in [0.4, 0.5) is 5.69 Å². The molecule has 1 aromatic heterocycles. The lowest BCUT2D eigenvalue weighted by molar-refractivity contribution is -0.124. The van der Waals surface area contributed by atoms with Crippen LogP contribution in [0.15, 0.2) is 114 Å². The number of rotatable bonds is 7. The number of hydrogen-bond donors (Lipinski definition) is 2. The molecule has 0 bridgehead atoms.